The van der Waals surface area contributed by atoms with Gasteiger partial charge < -0.3 is 9.47 Å². The molecule has 17 heavy (non-hydrogen) atoms. The van der Waals surface area contributed by atoms with Crippen LogP contribution < -0.4 is 4.74 Å². The molecule has 0 aliphatic carbocycles. The molecule has 6 heteroatoms. The van der Waals surface area contributed by atoms with Gasteiger partial charge in [0.15, 0.2) is 5.75 Å². The summed E-state index contributed by atoms with van der Waals surface area (Å²) in [6.45, 7) is 1.14. The average molecular weight is 253 g/mol. The number of hydrogen-bond acceptors (Lipinski definition) is 5. The molecule has 0 unspecified atom stereocenters. The molecule has 1 heterocycles. The predicted molar refractivity (Wildman–Crippen MR) is 61.8 cm³/mol. The molecule has 0 amide bonds. The lowest BCUT2D eigenvalue weighted by Gasteiger charge is -2.08. The van der Waals surface area contributed by atoms with E-state index in [-0.39, 0.29) is 6.79 Å². The first-order chi connectivity index (χ1) is 8.18. The lowest BCUT2D eigenvalue weighted by molar-refractivity contribution is -0.147. The molecule has 0 atom stereocenters. The Labute approximate surface area is 102 Å². The van der Waals surface area contributed by atoms with Crippen LogP contribution in [0.3, 0.4) is 0 Å². The molecule has 88 valence electrons. The molecule has 1 aromatic heterocycles. The maximum absolute atomic E-state index is 10.6. The number of benzene rings is 1. The Hall–Kier alpha value is -1.88. The van der Waals surface area contributed by atoms with Crippen molar-refractivity contribution < 1.29 is 14.3 Å². The number of hydrogen-bond donors (Lipinski definition) is 0. The Kier molecular flexibility index (Phi) is 3.39. The summed E-state index contributed by atoms with van der Waals surface area (Å²) in [5.41, 5.74) is 1.08. The zero-order valence-corrected chi connectivity index (χ0v) is 9.77. The van der Waals surface area contributed by atoms with Crippen molar-refractivity contribution in [3.8, 4) is 5.75 Å². The smallest absolute Gasteiger partial charge is 0.305 e. The first-order valence-electron chi connectivity index (χ1n) is 4.84. The topological polar surface area (TPSA) is 61.3 Å². The van der Waals surface area contributed by atoms with Crippen molar-refractivity contribution in [1.29, 1.82) is 0 Å². The monoisotopic (exact) mass is 252 g/mol. The predicted octanol–water partition coefficient (Wildman–Crippen LogP) is 2.18. The summed E-state index contributed by atoms with van der Waals surface area (Å²) < 4.78 is 9.96. The van der Waals surface area contributed by atoms with Crippen LogP contribution in [0.15, 0.2) is 24.5 Å². The Morgan fingerprint density at radius 1 is 1.29 bits per heavy atom. The molecule has 2 rings (SSSR count). The van der Waals surface area contributed by atoms with Gasteiger partial charge in [-0.25, -0.2) is 4.98 Å². The van der Waals surface area contributed by atoms with Crippen LogP contribution in [0.4, 0.5) is 0 Å². The molecule has 0 spiro atoms. The summed E-state index contributed by atoms with van der Waals surface area (Å²) in [5, 5.41) is 0.493. The first-order valence-corrected chi connectivity index (χ1v) is 5.21. The highest BCUT2D eigenvalue weighted by atomic mass is 35.5. The maximum Gasteiger partial charge on any atom is 0.305 e. The van der Waals surface area contributed by atoms with E-state index in [2.05, 4.69) is 14.7 Å². The van der Waals surface area contributed by atoms with Crippen LogP contribution in [0.5, 0.6) is 5.75 Å². The van der Waals surface area contributed by atoms with Gasteiger partial charge in [-0.2, -0.15) is 0 Å². The summed E-state index contributed by atoms with van der Waals surface area (Å²) in [5.74, 6) is 0.0631. The van der Waals surface area contributed by atoms with Crippen LogP contribution in [-0.4, -0.2) is 22.7 Å². The fourth-order valence-corrected chi connectivity index (χ4v) is 1.49. The molecule has 5 nitrogen and oxygen atoms in total. The molecule has 0 aliphatic rings. The van der Waals surface area contributed by atoms with Gasteiger partial charge >= 0.3 is 5.97 Å². The van der Waals surface area contributed by atoms with Gasteiger partial charge in [0, 0.05) is 19.3 Å². The number of carbonyl (C=O) groups excluding carboxylic acids is 1. The van der Waals surface area contributed by atoms with E-state index in [1.54, 1.807) is 18.3 Å². The van der Waals surface area contributed by atoms with Gasteiger partial charge in [-0.1, -0.05) is 11.6 Å². The quantitative estimate of drug-likeness (QED) is 0.619. The molecule has 0 bridgehead atoms. The Balaban J connectivity index is 2.28. The molecule has 0 aliphatic heterocycles. The third-order valence-electron chi connectivity index (χ3n) is 2.02. The molecular weight excluding hydrogens is 244 g/mol. The van der Waals surface area contributed by atoms with Gasteiger partial charge in [0.05, 0.1) is 5.02 Å². The van der Waals surface area contributed by atoms with Crippen LogP contribution in [-0.2, 0) is 9.53 Å². The lowest BCUT2D eigenvalue weighted by atomic mass is 10.3. The van der Waals surface area contributed by atoms with Crippen LogP contribution in [0.2, 0.25) is 5.02 Å². The molecule has 0 N–H and O–H groups in total. The minimum Gasteiger partial charge on any atom is -0.455 e. The zero-order valence-electron chi connectivity index (χ0n) is 9.01. The van der Waals surface area contributed by atoms with Gasteiger partial charge in [0.2, 0.25) is 6.79 Å². The van der Waals surface area contributed by atoms with Crippen molar-refractivity contribution in [3.05, 3.63) is 29.5 Å². The third-order valence-corrected chi connectivity index (χ3v) is 2.32. The lowest BCUT2D eigenvalue weighted by Crippen LogP contribution is -2.07. The number of fused-ring (bicyclic) bond motifs is 1. The minimum atomic E-state index is -0.408. The van der Waals surface area contributed by atoms with Gasteiger partial charge in [0.1, 0.15) is 11.0 Å². The number of nitrogens with zero attached hydrogens (tertiary/aromatic N) is 2. The fourth-order valence-electron chi connectivity index (χ4n) is 1.29. The van der Waals surface area contributed by atoms with Crippen molar-refractivity contribution in [1.82, 2.24) is 9.97 Å². The Bertz CT molecular complexity index is 559. The summed E-state index contributed by atoms with van der Waals surface area (Å²) in [6, 6.07) is 3.31. The normalized spacial score (nSPS) is 10.2. The van der Waals surface area contributed by atoms with Crippen molar-refractivity contribution in [2.75, 3.05) is 6.79 Å². The van der Waals surface area contributed by atoms with Gasteiger partial charge in [-0.15, -0.1) is 0 Å². The van der Waals surface area contributed by atoms with Gasteiger partial charge in [0.25, 0.3) is 0 Å². The molecule has 0 fully saturated rings. The minimum absolute atomic E-state index is 0.164. The fraction of sp³-hybridized carbons (Fsp3) is 0.182. The largest absolute Gasteiger partial charge is 0.455 e. The second-order valence-corrected chi connectivity index (χ2v) is 3.60. The number of esters is 1. The Morgan fingerprint density at radius 2 is 2.00 bits per heavy atom. The zero-order chi connectivity index (χ0) is 12.3. The molecular formula is C11H9ClN2O3. The highest BCUT2D eigenvalue weighted by Gasteiger charge is 2.08. The van der Waals surface area contributed by atoms with Crippen LogP contribution in [0.1, 0.15) is 6.92 Å². The standard InChI is InChI=1S/C11H9ClN2O3/c1-7(15)16-6-17-9-3-2-8(12)10-11(9)14-5-4-13-10/h2-5H,6H2,1H3. The molecule has 0 saturated heterocycles. The number of halogens is 1. The van der Waals surface area contributed by atoms with Crippen molar-refractivity contribution in [3.63, 3.8) is 0 Å². The summed E-state index contributed by atoms with van der Waals surface area (Å²) >= 11 is 5.97. The van der Waals surface area contributed by atoms with E-state index in [9.17, 15) is 4.79 Å². The van der Waals surface area contributed by atoms with Gasteiger partial charge in [-0.3, -0.25) is 9.78 Å². The summed E-state index contributed by atoms with van der Waals surface area (Å²) in [6.07, 6.45) is 3.08. The Morgan fingerprint density at radius 3 is 2.71 bits per heavy atom. The van der Waals surface area contributed by atoms with E-state index in [4.69, 9.17) is 16.3 Å². The molecule has 2 aromatic rings. The van der Waals surface area contributed by atoms with Crippen LogP contribution in [0.25, 0.3) is 11.0 Å². The first kappa shape index (κ1) is 11.6. The van der Waals surface area contributed by atoms with E-state index < -0.39 is 5.97 Å². The molecule has 1 aromatic carbocycles. The second-order valence-electron chi connectivity index (χ2n) is 3.20. The highest BCUT2D eigenvalue weighted by Crippen LogP contribution is 2.27. The average Bonchev–Trinajstić information content (AvgIpc) is 2.32. The van der Waals surface area contributed by atoms with Crippen molar-refractivity contribution in [2.45, 2.75) is 6.92 Å². The maximum atomic E-state index is 10.6. The van der Waals surface area contributed by atoms with Crippen LogP contribution in [0, 0.1) is 0 Å². The summed E-state index contributed by atoms with van der Waals surface area (Å²) in [7, 11) is 0. The number of ether oxygens (including phenoxy) is 2. The highest BCUT2D eigenvalue weighted by molar-refractivity contribution is 6.35. The second kappa shape index (κ2) is 4.97. The number of aromatic nitrogens is 2. The number of carbonyl (C=O) groups is 1. The van der Waals surface area contributed by atoms with E-state index in [1.165, 1.54) is 13.1 Å². The summed E-state index contributed by atoms with van der Waals surface area (Å²) in [4.78, 5) is 18.8. The number of rotatable bonds is 3. The van der Waals surface area contributed by atoms with Crippen molar-refractivity contribution >= 4 is 28.6 Å². The van der Waals surface area contributed by atoms with Crippen molar-refractivity contribution in [2.24, 2.45) is 0 Å². The van der Waals surface area contributed by atoms with Gasteiger partial charge in [-0.05, 0) is 12.1 Å². The van der Waals surface area contributed by atoms with E-state index in [1.807, 2.05) is 0 Å². The third kappa shape index (κ3) is 2.62. The van der Waals surface area contributed by atoms with Crippen LogP contribution >= 0.6 is 11.6 Å². The van der Waals surface area contributed by atoms with E-state index >= 15 is 0 Å². The molecule has 0 saturated carbocycles. The molecule has 0 radical (unpaired) electrons. The SMILES string of the molecule is CC(=O)OCOc1ccc(Cl)c2nccnc12. The van der Waals surface area contributed by atoms with E-state index in [0.29, 0.717) is 21.8 Å². The van der Waals surface area contributed by atoms with E-state index in [0.717, 1.165) is 0 Å².